The van der Waals surface area contributed by atoms with Crippen molar-refractivity contribution in [3.05, 3.63) is 40.3 Å². The fraction of sp³-hybridized carbons (Fsp3) is 0.214. The standard InChI is InChI=1S/C14H7NO5/c1-10(15-2)12(7-18)14(9-20)13(8-19)11(3-5-16)4-6-17/h3-4,10-11H,1H3. The molecule has 0 aliphatic carbocycles. The first-order chi connectivity index (χ1) is 9.60. The highest BCUT2D eigenvalue weighted by molar-refractivity contribution is 5.85. The van der Waals surface area contributed by atoms with Crippen molar-refractivity contribution in [2.24, 2.45) is 5.92 Å². The van der Waals surface area contributed by atoms with Gasteiger partial charge in [-0.15, -0.1) is 0 Å². The lowest BCUT2D eigenvalue weighted by atomic mass is 9.88. The molecule has 0 aliphatic heterocycles. The molecule has 98 valence electrons. The van der Waals surface area contributed by atoms with Crippen molar-refractivity contribution in [2.45, 2.75) is 13.0 Å². The van der Waals surface area contributed by atoms with Gasteiger partial charge in [0, 0.05) is 19.1 Å². The van der Waals surface area contributed by atoms with Crippen LogP contribution in [0.15, 0.2) is 28.9 Å². The lowest BCUT2D eigenvalue weighted by molar-refractivity contribution is 0.559. The summed E-state index contributed by atoms with van der Waals surface area (Å²) in [5.74, 6) is 5.55. The Morgan fingerprint density at radius 3 is 1.75 bits per heavy atom. The first-order valence-corrected chi connectivity index (χ1v) is 5.15. The number of carbonyl (C=O) groups excluding carboxylic acids is 5. The van der Waals surface area contributed by atoms with E-state index in [1.807, 2.05) is 0 Å². The molecule has 0 rings (SSSR count). The highest BCUT2D eigenvalue weighted by Crippen LogP contribution is 2.24. The Morgan fingerprint density at radius 1 is 0.950 bits per heavy atom. The van der Waals surface area contributed by atoms with Crippen LogP contribution in [0.4, 0.5) is 0 Å². The summed E-state index contributed by atoms with van der Waals surface area (Å²) in [5.41, 5.74) is -1.45. The zero-order valence-corrected chi connectivity index (χ0v) is 10.3. The molecule has 0 bridgehead atoms. The highest BCUT2D eigenvalue weighted by atomic mass is 16.1. The summed E-state index contributed by atoms with van der Waals surface area (Å²) in [5, 5.41) is 0. The third-order valence-electron chi connectivity index (χ3n) is 2.30. The molecular formula is C14H7NO5. The van der Waals surface area contributed by atoms with Crippen molar-refractivity contribution in [3.8, 4) is 0 Å². The topological polar surface area (TPSA) is 89.7 Å². The molecule has 0 spiro atoms. The van der Waals surface area contributed by atoms with Gasteiger partial charge in [0.05, 0.1) is 17.1 Å². The van der Waals surface area contributed by atoms with Crippen molar-refractivity contribution in [3.63, 3.8) is 0 Å². The van der Waals surface area contributed by atoms with E-state index >= 15 is 0 Å². The minimum absolute atomic E-state index is 0.406. The van der Waals surface area contributed by atoms with E-state index in [4.69, 9.17) is 6.57 Å². The van der Waals surface area contributed by atoms with Crippen LogP contribution in [0.25, 0.3) is 4.85 Å². The summed E-state index contributed by atoms with van der Waals surface area (Å²) >= 11 is 0. The maximum Gasteiger partial charge on any atom is 0.257 e. The first-order valence-electron chi connectivity index (χ1n) is 5.15. The van der Waals surface area contributed by atoms with E-state index in [-0.39, 0.29) is 0 Å². The molecule has 0 aromatic heterocycles. The summed E-state index contributed by atoms with van der Waals surface area (Å²) in [6.45, 7) is 8.12. The Bertz CT molecular complexity index is 662. The van der Waals surface area contributed by atoms with Crippen LogP contribution in [0, 0.1) is 12.5 Å². The maximum atomic E-state index is 10.9. The summed E-state index contributed by atoms with van der Waals surface area (Å²) in [7, 11) is 0. The lowest BCUT2D eigenvalue weighted by Crippen LogP contribution is -2.12. The Labute approximate surface area is 113 Å². The van der Waals surface area contributed by atoms with Crippen LogP contribution in [0.5, 0.6) is 0 Å². The van der Waals surface area contributed by atoms with Gasteiger partial charge in [-0.05, 0) is 0 Å². The summed E-state index contributed by atoms with van der Waals surface area (Å²) < 4.78 is 0. The van der Waals surface area contributed by atoms with E-state index in [0.717, 1.165) is 12.2 Å². The number of hydrogen-bond acceptors (Lipinski definition) is 5. The van der Waals surface area contributed by atoms with Crippen LogP contribution in [0.3, 0.4) is 0 Å². The van der Waals surface area contributed by atoms with Crippen molar-refractivity contribution in [1.29, 1.82) is 0 Å². The van der Waals surface area contributed by atoms with Gasteiger partial charge in [0.15, 0.2) is 0 Å². The number of nitrogens with zero attached hydrogens (tertiary/aromatic N) is 1. The summed E-state index contributed by atoms with van der Waals surface area (Å²) in [4.78, 5) is 56.4. The van der Waals surface area contributed by atoms with Gasteiger partial charge >= 0.3 is 0 Å². The zero-order chi connectivity index (χ0) is 15.5. The average Bonchev–Trinajstić information content (AvgIpc) is 2.46. The van der Waals surface area contributed by atoms with Gasteiger partial charge < -0.3 is 4.85 Å². The first kappa shape index (κ1) is 16.7. The quantitative estimate of drug-likeness (QED) is 0.383. The smallest absolute Gasteiger partial charge is 0.257 e. The lowest BCUT2D eigenvalue weighted by Gasteiger charge is -2.08. The van der Waals surface area contributed by atoms with Crippen LogP contribution in [-0.4, -0.2) is 35.7 Å². The van der Waals surface area contributed by atoms with Crippen molar-refractivity contribution < 1.29 is 24.0 Å². The Hall–Kier alpha value is -3.26. The van der Waals surface area contributed by atoms with E-state index in [1.165, 1.54) is 36.6 Å². The molecule has 0 aromatic rings. The second kappa shape index (κ2) is 8.78. The SMILES string of the molecule is [C-]#[N+]C(C)C(=C=O)C(=C=O)C(=C=O)C(C=C=O)C=C=O. The van der Waals surface area contributed by atoms with Crippen LogP contribution in [-0.2, 0) is 24.0 Å². The Morgan fingerprint density at radius 2 is 1.45 bits per heavy atom. The fourth-order valence-corrected chi connectivity index (χ4v) is 1.31. The molecule has 20 heavy (non-hydrogen) atoms. The number of hydrogen-bond donors (Lipinski definition) is 0. The van der Waals surface area contributed by atoms with Crippen molar-refractivity contribution >= 4 is 29.7 Å². The molecular weight excluding hydrogens is 262 g/mol. The molecule has 1 atom stereocenters. The van der Waals surface area contributed by atoms with Gasteiger partial charge in [0.25, 0.3) is 6.04 Å². The van der Waals surface area contributed by atoms with Gasteiger partial charge in [-0.25, -0.2) is 30.5 Å². The van der Waals surface area contributed by atoms with E-state index in [0.29, 0.717) is 0 Å². The Balaban J connectivity index is 6.13. The normalized spacial score (nSPS) is 10.8. The molecule has 0 saturated heterocycles. The van der Waals surface area contributed by atoms with Crippen LogP contribution in [0.2, 0.25) is 0 Å². The van der Waals surface area contributed by atoms with E-state index in [1.54, 1.807) is 0 Å². The molecule has 6 nitrogen and oxygen atoms in total. The molecule has 0 fully saturated rings. The zero-order valence-electron chi connectivity index (χ0n) is 10.3. The second-order valence-corrected chi connectivity index (χ2v) is 3.41. The van der Waals surface area contributed by atoms with Gasteiger partial charge in [-0.3, -0.25) is 0 Å². The van der Waals surface area contributed by atoms with Crippen molar-refractivity contribution in [1.82, 2.24) is 0 Å². The van der Waals surface area contributed by atoms with Gasteiger partial charge in [0.1, 0.15) is 35.3 Å². The van der Waals surface area contributed by atoms with Gasteiger partial charge in [-0.1, -0.05) is 0 Å². The molecule has 0 aliphatic rings. The largest absolute Gasteiger partial charge is 0.308 e. The highest BCUT2D eigenvalue weighted by Gasteiger charge is 2.27. The maximum absolute atomic E-state index is 10.9. The summed E-state index contributed by atoms with van der Waals surface area (Å²) in [6, 6.07) is -1.05. The van der Waals surface area contributed by atoms with E-state index < -0.39 is 28.7 Å². The van der Waals surface area contributed by atoms with Gasteiger partial charge in [0.2, 0.25) is 0 Å². The van der Waals surface area contributed by atoms with Crippen LogP contribution in [0.1, 0.15) is 6.92 Å². The number of allylic oxidation sites excluding steroid dienone is 3. The van der Waals surface area contributed by atoms with Crippen LogP contribution >= 0.6 is 0 Å². The van der Waals surface area contributed by atoms with Gasteiger partial charge in [-0.2, -0.15) is 0 Å². The average molecular weight is 269 g/mol. The van der Waals surface area contributed by atoms with E-state index in [9.17, 15) is 24.0 Å². The molecule has 1 unspecified atom stereocenters. The minimum atomic E-state index is -1.24. The Kier molecular flexibility index (Phi) is 7.35. The van der Waals surface area contributed by atoms with E-state index in [2.05, 4.69) is 4.85 Å². The third-order valence-corrected chi connectivity index (χ3v) is 2.30. The molecule has 0 heterocycles. The molecule has 6 heteroatoms. The van der Waals surface area contributed by atoms with Crippen molar-refractivity contribution in [2.75, 3.05) is 0 Å². The fourth-order valence-electron chi connectivity index (χ4n) is 1.31. The molecule has 0 radical (unpaired) electrons. The molecule has 0 aromatic carbocycles. The predicted molar refractivity (Wildman–Crippen MR) is 67.7 cm³/mol. The monoisotopic (exact) mass is 269 g/mol. The third kappa shape index (κ3) is 3.89. The molecule has 0 N–H and O–H groups in total. The number of rotatable bonds is 6. The predicted octanol–water partition coefficient (Wildman–Crippen LogP) is -0.0400. The van der Waals surface area contributed by atoms with Crippen LogP contribution < -0.4 is 0 Å². The molecule has 0 amide bonds. The molecule has 0 saturated carbocycles. The minimum Gasteiger partial charge on any atom is -0.308 e. The summed E-state index contributed by atoms with van der Waals surface area (Å²) in [6.07, 6.45) is 1.54. The second-order valence-electron chi connectivity index (χ2n) is 3.41.